The van der Waals surface area contributed by atoms with Crippen molar-refractivity contribution < 1.29 is 26.4 Å². The number of halogens is 4. The molecule has 0 saturated carbocycles. The normalized spacial score (nSPS) is 14.9. The monoisotopic (exact) mass is 390 g/mol. The number of para-hydroxylation sites is 2. The van der Waals surface area contributed by atoms with E-state index in [1.807, 2.05) is 0 Å². The summed E-state index contributed by atoms with van der Waals surface area (Å²) >= 11 is 5.84. The van der Waals surface area contributed by atoms with Crippen LogP contribution in [-0.4, -0.2) is 20.9 Å². The van der Waals surface area contributed by atoms with Gasteiger partial charge in [-0.15, -0.1) is 0 Å². The molecule has 0 aliphatic carbocycles. The smallest absolute Gasteiger partial charge is 0.323 e. The van der Waals surface area contributed by atoms with Gasteiger partial charge in [0.25, 0.3) is 10.0 Å². The molecular weight excluding hydrogens is 381 g/mol. The van der Waals surface area contributed by atoms with Gasteiger partial charge in [-0.3, -0.25) is 9.10 Å². The summed E-state index contributed by atoms with van der Waals surface area (Å²) in [6.45, 7) is -0.564. The lowest BCUT2D eigenvalue weighted by Gasteiger charge is -2.30. The topological polar surface area (TPSA) is 66.5 Å². The van der Waals surface area contributed by atoms with Gasteiger partial charge in [-0.05, 0) is 30.3 Å². The van der Waals surface area contributed by atoms with Crippen LogP contribution >= 0.6 is 11.6 Å². The van der Waals surface area contributed by atoms with Crippen LogP contribution in [0, 0.1) is 0 Å². The van der Waals surface area contributed by atoms with E-state index in [1.54, 1.807) is 12.1 Å². The molecule has 1 N–H and O–H groups in total. The fourth-order valence-corrected chi connectivity index (χ4v) is 4.36. The van der Waals surface area contributed by atoms with E-state index >= 15 is 0 Å². The first-order valence-electron chi connectivity index (χ1n) is 6.89. The van der Waals surface area contributed by atoms with Gasteiger partial charge in [-0.1, -0.05) is 23.7 Å². The van der Waals surface area contributed by atoms with Gasteiger partial charge < -0.3 is 5.32 Å². The van der Waals surface area contributed by atoms with Crippen LogP contribution in [0.1, 0.15) is 5.56 Å². The van der Waals surface area contributed by atoms with Crippen molar-refractivity contribution in [3.05, 3.63) is 53.1 Å². The zero-order valence-corrected chi connectivity index (χ0v) is 13.9. The lowest BCUT2D eigenvalue weighted by atomic mass is 10.2. The van der Waals surface area contributed by atoms with Gasteiger partial charge in [0.1, 0.15) is 11.4 Å². The fraction of sp³-hybridized carbons (Fsp3) is 0.133. The molecule has 0 fully saturated rings. The van der Waals surface area contributed by atoms with Crippen molar-refractivity contribution in [2.45, 2.75) is 11.1 Å². The average Bonchev–Trinajstić information content (AvgIpc) is 2.53. The van der Waals surface area contributed by atoms with Crippen molar-refractivity contribution in [2.75, 3.05) is 16.2 Å². The largest absolute Gasteiger partial charge is 0.416 e. The van der Waals surface area contributed by atoms with Crippen LogP contribution in [0.25, 0.3) is 0 Å². The molecule has 132 valence electrons. The van der Waals surface area contributed by atoms with E-state index in [4.69, 9.17) is 11.6 Å². The Hall–Kier alpha value is -2.26. The Balaban J connectivity index is 2.17. The highest BCUT2D eigenvalue weighted by atomic mass is 35.5. The van der Waals surface area contributed by atoms with Crippen LogP contribution in [0.2, 0.25) is 5.02 Å². The van der Waals surface area contributed by atoms with Gasteiger partial charge in [0.2, 0.25) is 5.91 Å². The van der Waals surface area contributed by atoms with Crippen LogP contribution in [-0.2, 0) is 21.0 Å². The molecule has 25 heavy (non-hydrogen) atoms. The SMILES string of the molecule is O=C1CN(S(=O)(=O)c2cc(C(F)(F)F)ccc2Cl)c2ccccc2N1. The second-order valence-electron chi connectivity index (χ2n) is 5.22. The predicted octanol–water partition coefficient (Wildman–Crippen LogP) is 3.51. The number of carbonyl (C=O) groups is 1. The highest BCUT2D eigenvalue weighted by molar-refractivity contribution is 7.93. The Bertz CT molecular complexity index is 961. The third-order valence-electron chi connectivity index (χ3n) is 3.56. The number of sulfonamides is 1. The number of amides is 1. The zero-order valence-electron chi connectivity index (χ0n) is 12.3. The molecule has 1 amide bonds. The number of alkyl halides is 3. The predicted molar refractivity (Wildman–Crippen MR) is 86.1 cm³/mol. The minimum Gasteiger partial charge on any atom is -0.323 e. The van der Waals surface area contributed by atoms with E-state index < -0.39 is 39.1 Å². The number of nitrogens with one attached hydrogen (secondary N) is 1. The van der Waals surface area contributed by atoms with Gasteiger partial charge in [0, 0.05) is 0 Å². The number of rotatable bonds is 2. The van der Waals surface area contributed by atoms with Crippen LogP contribution in [0.4, 0.5) is 24.5 Å². The maximum absolute atomic E-state index is 12.9. The molecule has 2 aromatic rings. The summed E-state index contributed by atoms with van der Waals surface area (Å²) in [5, 5.41) is 2.14. The van der Waals surface area contributed by atoms with Crippen LogP contribution in [0.15, 0.2) is 47.4 Å². The Morgan fingerprint density at radius 3 is 2.48 bits per heavy atom. The number of fused-ring (bicyclic) bond motifs is 1. The lowest BCUT2D eigenvalue weighted by Crippen LogP contribution is -2.42. The van der Waals surface area contributed by atoms with E-state index in [1.165, 1.54) is 12.1 Å². The standard InChI is InChI=1S/C15H10ClF3N2O3S/c16-10-6-5-9(15(17,18)19)7-13(10)25(23,24)21-8-14(22)20-11-3-1-2-4-12(11)21/h1-7H,8H2,(H,20,22). The molecule has 2 aromatic carbocycles. The van der Waals surface area contributed by atoms with Crippen LogP contribution < -0.4 is 9.62 Å². The molecule has 0 atom stereocenters. The molecule has 0 spiro atoms. The van der Waals surface area contributed by atoms with Crippen molar-refractivity contribution in [3.63, 3.8) is 0 Å². The van der Waals surface area contributed by atoms with Crippen molar-refractivity contribution in [1.82, 2.24) is 0 Å². The van der Waals surface area contributed by atoms with E-state index in [9.17, 15) is 26.4 Å². The fourth-order valence-electron chi connectivity index (χ4n) is 2.41. The molecule has 1 aliphatic heterocycles. The Kier molecular flexibility index (Phi) is 4.16. The number of hydrogen-bond donors (Lipinski definition) is 1. The molecule has 1 heterocycles. The molecule has 0 saturated heterocycles. The zero-order chi connectivity index (χ0) is 18.4. The van der Waals surface area contributed by atoms with Gasteiger partial charge in [-0.2, -0.15) is 13.2 Å². The summed E-state index contributed by atoms with van der Waals surface area (Å²) in [6, 6.07) is 8.09. The molecule has 0 unspecified atom stereocenters. The van der Waals surface area contributed by atoms with E-state index in [-0.39, 0.29) is 16.4 Å². The van der Waals surface area contributed by atoms with Crippen molar-refractivity contribution >= 4 is 38.9 Å². The summed E-state index contributed by atoms with van der Waals surface area (Å²) in [5.74, 6) is -0.606. The number of anilines is 2. The third-order valence-corrected chi connectivity index (χ3v) is 5.80. The summed E-state index contributed by atoms with van der Waals surface area (Å²) < 4.78 is 65.3. The van der Waals surface area contributed by atoms with Gasteiger partial charge in [-0.25, -0.2) is 8.42 Å². The van der Waals surface area contributed by atoms with Gasteiger partial charge in [0.15, 0.2) is 0 Å². The molecular formula is C15H10ClF3N2O3S. The first kappa shape index (κ1) is 17.6. The highest BCUT2D eigenvalue weighted by Crippen LogP contribution is 2.38. The summed E-state index contributed by atoms with van der Waals surface area (Å²) in [5.41, 5.74) is -0.758. The first-order valence-corrected chi connectivity index (χ1v) is 8.71. The number of nitrogens with zero attached hydrogens (tertiary/aromatic N) is 1. The van der Waals surface area contributed by atoms with Crippen molar-refractivity contribution in [1.29, 1.82) is 0 Å². The maximum Gasteiger partial charge on any atom is 0.416 e. The summed E-state index contributed by atoms with van der Waals surface area (Å²) in [7, 11) is -4.48. The molecule has 0 radical (unpaired) electrons. The number of hydrogen-bond acceptors (Lipinski definition) is 3. The number of carbonyl (C=O) groups excluding carboxylic acids is 1. The third kappa shape index (κ3) is 3.16. The molecule has 10 heteroatoms. The average molecular weight is 391 g/mol. The summed E-state index contributed by atoms with van der Waals surface area (Å²) in [4.78, 5) is 11.1. The Labute approximate surface area is 146 Å². The highest BCUT2D eigenvalue weighted by Gasteiger charge is 2.37. The van der Waals surface area contributed by atoms with Crippen molar-refractivity contribution in [2.24, 2.45) is 0 Å². The van der Waals surface area contributed by atoms with Gasteiger partial charge >= 0.3 is 6.18 Å². The minimum absolute atomic E-state index is 0.149. The molecule has 1 aliphatic rings. The van der Waals surface area contributed by atoms with Crippen LogP contribution in [0.3, 0.4) is 0 Å². The second-order valence-corrected chi connectivity index (χ2v) is 7.46. The quantitative estimate of drug-likeness (QED) is 0.853. The van der Waals surface area contributed by atoms with E-state index in [0.29, 0.717) is 12.1 Å². The molecule has 0 bridgehead atoms. The second kappa shape index (κ2) is 5.92. The minimum atomic E-state index is -4.73. The lowest BCUT2D eigenvalue weighted by molar-refractivity contribution is -0.137. The Morgan fingerprint density at radius 2 is 1.80 bits per heavy atom. The Morgan fingerprint density at radius 1 is 1.12 bits per heavy atom. The van der Waals surface area contributed by atoms with Crippen molar-refractivity contribution in [3.8, 4) is 0 Å². The number of benzene rings is 2. The van der Waals surface area contributed by atoms with E-state index in [2.05, 4.69) is 5.32 Å². The molecule has 3 rings (SSSR count). The molecule has 5 nitrogen and oxygen atoms in total. The van der Waals surface area contributed by atoms with Crippen LogP contribution in [0.5, 0.6) is 0 Å². The molecule has 0 aromatic heterocycles. The maximum atomic E-state index is 12.9. The summed E-state index contributed by atoms with van der Waals surface area (Å²) in [6.07, 6.45) is -4.73. The first-order chi connectivity index (χ1) is 11.6. The van der Waals surface area contributed by atoms with E-state index in [0.717, 1.165) is 10.4 Å². The van der Waals surface area contributed by atoms with Gasteiger partial charge in [0.05, 0.1) is 22.0 Å².